The number of rotatable bonds is 4. The zero-order chi connectivity index (χ0) is 18.3. The summed E-state index contributed by atoms with van der Waals surface area (Å²) in [5.41, 5.74) is 4.50. The Bertz CT molecular complexity index is 807. The molecule has 2 aromatic rings. The number of carbonyl (C=O) groups excluding carboxylic acids is 1. The Hall–Kier alpha value is -2.01. The van der Waals surface area contributed by atoms with E-state index in [0.29, 0.717) is 5.92 Å². The molecule has 2 N–H and O–H groups in total. The third-order valence-corrected chi connectivity index (χ3v) is 6.83. The molecular weight excluding hydrogens is 342 g/mol. The summed E-state index contributed by atoms with van der Waals surface area (Å²) < 4.78 is 0. The van der Waals surface area contributed by atoms with E-state index in [9.17, 15) is 4.79 Å². The van der Waals surface area contributed by atoms with Crippen molar-refractivity contribution >= 4 is 27.9 Å². The molecule has 0 unspecified atom stereocenters. The number of anilines is 2. The zero-order valence-corrected chi connectivity index (χ0v) is 16.6. The molecule has 26 heavy (non-hydrogen) atoms. The molecule has 1 aliphatic heterocycles. The van der Waals surface area contributed by atoms with E-state index in [1.807, 2.05) is 0 Å². The van der Waals surface area contributed by atoms with E-state index in [1.165, 1.54) is 22.5 Å². The van der Waals surface area contributed by atoms with Crippen LogP contribution in [-0.2, 0) is 12.8 Å². The van der Waals surface area contributed by atoms with Crippen molar-refractivity contribution in [1.82, 2.24) is 5.32 Å². The Morgan fingerprint density at radius 1 is 1.15 bits per heavy atom. The lowest BCUT2D eigenvalue weighted by atomic mass is 9.88. The van der Waals surface area contributed by atoms with Gasteiger partial charge in [-0.05, 0) is 62.3 Å². The lowest BCUT2D eigenvalue weighted by Gasteiger charge is -2.28. The highest BCUT2D eigenvalue weighted by Crippen LogP contribution is 2.42. The third-order valence-electron chi connectivity index (χ3n) is 5.64. The van der Waals surface area contributed by atoms with Gasteiger partial charge in [0.15, 0.2) is 0 Å². The maximum absolute atomic E-state index is 12.8. The first-order chi connectivity index (χ1) is 12.6. The minimum absolute atomic E-state index is 0.0728. The lowest BCUT2D eigenvalue weighted by Crippen LogP contribution is -2.38. The highest BCUT2D eigenvalue weighted by Gasteiger charge is 2.33. The smallest absolute Gasteiger partial charge is 0.256 e. The lowest BCUT2D eigenvalue weighted by molar-refractivity contribution is 0.0935. The largest absolute Gasteiger partial charge is 0.372 e. The first-order valence-corrected chi connectivity index (χ1v) is 10.5. The Balaban J connectivity index is 1.58. The van der Waals surface area contributed by atoms with Crippen LogP contribution in [-0.4, -0.2) is 19.0 Å². The number of hydrogen-bond donors (Lipinski definition) is 2. The van der Waals surface area contributed by atoms with E-state index < -0.39 is 0 Å². The predicted octanol–water partition coefficient (Wildman–Crippen LogP) is 4.57. The molecule has 4 nitrogen and oxygen atoms in total. The molecular formula is C21H27N3OS. The van der Waals surface area contributed by atoms with Crippen LogP contribution in [0.5, 0.6) is 0 Å². The van der Waals surface area contributed by atoms with Crippen molar-refractivity contribution in [2.45, 2.75) is 46.2 Å². The van der Waals surface area contributed by atoms with Gasteiger partial charge in [-0.1, -0.05) is 19.1 Å². The molecule has 2 heterocycles. The number of carbonyl (C=O) groups is 1. The highest BCUT2D eigenvalue weighted by atomic mass is 32.1. The molecule has 1 aromatic heterocycles. The summed E-state index contributed by atoms with van der Waals surface area (Å²) in [7, 11) is 0. The third kappa shape index (κ3) is 2.98. The molecule has 0 saturated heterocycles. The van der Waals surface area contributed by atoms with Crippen LogP contribution in [0.4, 0.5) is 10.7 Å². The van der Waals surface area contributed by atoms with Crippen molar-refractivity contribution < 1.29 is 4.79 Å². The quantitative estimate of drug-likeness (QED) is 0.829. The number of nitrogens with one attached hydrogen (secondary N) is 2. The number of thiophene rings is 1. The zero-order valence-electron chi connectivity index (χ0n) is 15.8. The minimum atomic E-state index is -0.154. The van der Waals surface area contributed by atoms with Gasteiger partial charge in [0.25, 0.3) is 5.91 Å². The number of amides is 1. The monoisotopic (exact) mass is 369 g/mol. The van der Waals surface area contributed by atoms with Gasteiger partial charge in [-0.15, -0.1) is 11.3 Å². The summed E-state index contributed by atoms with van der Waals surface area (Å²) in [6, 6.07) is 8.53. The van der Waals surface area contributed by atoms with E-state index in [4.69, 9.17) is 0 Å². The first kappa shape index (κ1) is 17.4. The maximum Gasteiger partial charge on any atom is 0.256 e. The van der Waals surface area contributed by atoms with Gasteiger partial charge in [-0.3, -0.25) is 4.79 Å². The second kappa shape index (κ2) is 6.95. The van der Waals surface area contributed by atoms with Gasteiger partial charge in [0.05, 0.1) is 5.56 Å². The van der Waals surface area contributed by atoms with Gasteiger partial charge in [0.2, 0.25) is 0 Å². The predicted molar refractivity (Wildman–Crippen MR) is 109 cm³/mol. The number of hydrogen-bond acceptors (Lipinski definition) is 4. The van der Waals surface area contributed by atoms with Crippen LogP contribution in [0.2, 0.25) is 0 Å². The molecule has 0 radical (unpaired) electrons. The fraction of sp³-hybridized carbons (Fsp3) is 0.476. The second-order valence-corrected chi connectivity index (χ2v) is 8.48. The SMILES string of the molecule is CCN(CC)c1ccc([C@@H]2NC(=O)c3c(sc4c3CC[C@@H](C)C4)N2)cc1. The average molecular weight is 370 g/mol. The van der Waals surface area contributed by atoms with Gasteiger partial charge in [0, 0.05) is 23.7 Å². The van der Waals surface area contributed by atoms with Crippen LogP contribution in [0, 0.1) is 5.92 Å². The van der Waals surface area contributed by atoms with E-state index in [2.05, 4.69) is 60.6 Å². The molecule has 0 saturated carbocycles. The van der Waals surface area contributed by atoms with Crippen molar-refractivity contribution in [3.8, 4) is 0 Å². The second-order valence-electron chi connectivity index (χ2n) is 7.37. The number of fused-ring (bicyclic) bond motifs is 3. The molecule has 0 fully saturated rings. The van der Waals surface area contributed by atoms with Gasteiger partial charge < -0.3 is 15.5 Å². The van der Waals surface area contributed by atoms with Crippen LogP contribution in [0.25, 0.3) is 0 Å². The minimum Gasteiger partial charge on any atom is -0.372 e. The molecule has 4 rings (SSSR count). The molecule has 1 aromatic carbocycles. The van der Waals surface area contributed by atoms with E-state index in [1.54, 1.807) is 11.3 Å². The summed E-state index contributed by atoms with van der Waals surface area (Å²) >= 11 is 1.78. The molecule has 1 aliphatic carbocycles. The van der Waals surface area contributed by atoms with Crippen molar-refractivity contribution in [3.05, 3.63) is 45.8 Å². The van der Waals surface area contributed by atoms with Crippen LogP contribution in [0.3, 0.4) is 0 Å². The van der Waals surface area contributed by atoms with Crippen molar-refractivity contribution in [2.75, 3.05) is 23.3 Å². The Labute approximate surface area is 159 Å². The summed E-state index contributed by atoms with van der Waals surface area (Å²) in [6.45, 7) is 8.63. The van der Waals surface area contributed by atoms with Crippen LogP contribution in [0.1, 0.15) is 59.7 Å². The van der Waals surface area contributed by atoms with E-state index >= 15 is 0 Å². The van der Waals surface area contributed by atoms with Gasteiger partial charge >= 0.3 is 0 Å². The fourth-order valence-electron chi connectivity index (χ4n) is 4.10. The molecule has 2 atom stereocenters. The van der Waals surface area contributed by atoms with Crippen LogP contribution >= 0.6 is 11.3 Å². The first-order valence-electron chi connectivity index (χ1n) is 9.67. The molecule has 0 spiro atoms. The van der Waals surface area contributed by atoms with Crippen molar-refractivity contribution in [3.63, 3.8) is 0 Å². The molecule has 138 valence electrons. The summed E-state index contributed by atoms with van der Waals surface area (Å²) in [5.74, 6) is 0.790. The summed E-state index contributed by atoms with van der Waals surface area (Å²) in [5, 5.41) is 7.77. The van der Waals surface area contributed by atoms with Crippen molar-refractivity contribution in [2.24, 2.45) is 5.92 Å². The topological polar surface area (TPSA) is 44.4 Å². The maximum atomic E-state index is 12.8. The fourth-order valence-corrected chi connectivity index (χ4v) is 5.53. The Morgan fingerprint density at radius 3 is 2.58 bits per heavy atom. The van der Waals surface area contributed by atoms with Crippen LogP contribution < -0.4 is 15.5 Å². The van der Waals surface area contributed by atoms with Gasteiger partial charge in [-0.2, -0.15) is 0 Å². The molecule has 1 amide bonds. The Kier molecular flexibility index (Phi) is 4.65. The van der Waals surface area contributed by atoms with Crippen LogP contribution in [0.15, 0.2) is 24.3 Å². The highest BCUT2D eigenvalue weighted by molar-refractivity contribution is 7.16. The van der Waals surface area contributed by atoms with E-state index in [-0.39, 0.29) is 12.1 Å². The molecule has 5 heteroatoms. The van der Waals surface area contributed by atoms with Gasteiger partial charge in [0.1, 0.15) is 11.2 Å². The number of benzene rings is 1. The van der Waals surface area contributed by atoms with E-state index in [0.717, 1.165) is 42.1 Å². The summed E-state index contributed by atoms with van der Waals surface area (Å²) in [4.78, 5) is 16.5. The normalized spacial score (nSPS) is 21.4. The number of nitrogens with zero attached hydrogens (tertiary/aromatic N) is 1. The Morgan fingerprint density at radius 2 is 1.88 bits per heavy atom. The standard InChI is InChI=1S/C21H27N3OS/c1-4-24(5-2)15-9-7-14(8-10-15)19-22-20(25)18-16-11-6-13(3)12-17(16)26-21(18)23-19/h7-10,13,19,23H,4-6,11-12H2,1-3H3,(H,22,25)/t13-,19-/m1/s1. The molecule has 0 bridgehead atoms. The van der Waals surface area contributed by atoms with Gasteiger partial charge in [-0.25, -0.2) is 0 Å². The summed E-state index contributed by atoms with van der Waals surface area (Å²) in [6.07, 6.45) is 3.16. The van der Waals surface area contributed by atoms with Crippen molar-refractivity contribution in [1.29, 1.82) is 0 Å². The molecule has 2 aliphatic rings. The average Bonchev–Trinajstić information content (AvgIpc) is 3.01.